The zero-order valence-electron chi connectivity index (χ0n) is 16.4. The normalized spacial score (nSPS) is 15.4. The highest BCUT2D eigenvalue weighted by Gasteiger charge is 2.38. The Morgan fingerprint density at radius 1 is 1.17 bits per heavy atom. The molecule has 0 fully saturated rings. The van der Waals surface area contributed by atoms with Crippen LogP contribution in [0.3, 0.4) is 0 Å². The molecule has 0 bridgehead atoms. The predicted octanol–water partition coefficient (Wildman–Crippen LogP) is 4.05. The molecule has 1 aliphatic rings. The third kappa shape index (κ3) is 3.11. The number of nitrogens with zero attached hydrogens (tertiary/aromatic N) is 3. The van der Waals surface area contributed by atoms with Gasteiger partial charge >= 0.3 is 0 Å². The third-order valence-electron chi connectivity index (χ3n) is 5.06. The van der Waals surface area contributed by atoms with Crippen molar-refractivity contribution in [2.75, 3.05) is 7.11 Å². The predicted molar refractivity (Wildman–Crippen MR) is 110 cm³/mol. The Balaban J connectivity index is 2.01. The van der Waals surface area contributed by atoms with Crippen LogP contribution in [-0.4, -0.2) is 16.9 Å². The monoisotopic (exact) mass is 386 g/mol. The van der Waals surface area contributed by atoms with E-state index in [1.54, 1.807) is 11.8 Å². The lowest BCUT2D eigenvalue weighted by Crippen LogP contribution is -2.22. The molecule has 29 heavy (non-hydrogen) atoms. The molecule has 0 radical (unpaired) electrons. The molecule has 1 aliphatic heterocycles. The molecule has 3 aromatic rings. The number of fused-ring (bicyclic) bond motifs is 1. The lowest BCUT2D eigenvalue weighted by molar-refractivity contribution is 0.364. The number of methoxy groups -OCH3 is 1. The number of hydrogen-bond acceptors (Lipinski definition) is 5. The molecule has 146 valence electrons. The van der Waals surface area contributed by atoms with Crippen molar-refractivity contribution in [1.82, 2.24) is 9.78 Å². The van der Waals surface area contributed by atoms with E-state index in [2.05, 4.69) is 13.0 Å². The first-order valence-corrected chi connectivity index (χ1v) is 9.57. The number of aryl methyl sites for hydroxylation is 1. The fourth-order valence-electron chi connectivity index (χ4n) is 3.79. The summed E-state index contributed by atoms with van der Waals surface area (Å²) in [4.78, 5) is 0. The summed E-state index contributed by atoms with van der Waals surface area (Å²) in [5.41, 5.74) is 10.1. The highest BCUT2D eigenvalue weighted by molar-refractivity contribution is 5.59. The zero-order chi connectivity index (χ0) is 20.4. The van der Waals surface area contributed by atoms with E-state index in [-0.39, 0.29) is 5.88 Å². The number of aromatic nitrogens is 2. The van der Waals surface area contributed by atoms with Gasteiger partial charge in [0.05, 0.1) is 30.0 Å². The standard InChI is InChI=1S/C23H22N4O2/c1-3-9-18-21-20(16-12-7-8-13-19(16)28-2)17(14-24)22(25)29-23(21)27(26-18)15-10-5-4-6-11-15/h4-8,10-13,20H,3,9,25H2,1-2H3/t20-/m1/s1. The van der Waals surface area contributed by atoms with Gasteiger partial charge in [0.1, 0.15) is 17.4 Å². The molecule has 4 rings (SSSR count). The Morgan fingerprint density at radius 2 is 1.90 bits per heavy atom. The second-order valence-electron chi connectivity index (χ2n) is 6.83. The maximum Gasteiger partial charge on any atom is 0.229 e. The van der Waals surface area contributed by atoms with Gasteiger partial charge in [0.15, 0.2) is 0 Å². The van der Waals surface area contributed by atoms with E-state index in [0.717, 1.165) is 35.3 Å². The Labute approximate surface area is 169 Å². The van der Waals surface area contributed by atoms with Crippen molar-refractivity contribution in [3.63, 3.8) is 0 Å². The Kier molecular flexibility index (Phi) is 4.96. The smallest absolute Gasteiger partial charge is 0.229 e. The molecule has 0 unspecified atom stereocenters. The van der Waals surface area contributed by atoms with Crippen LogP contribution in [0, 0.1) is 11.3 Å². The van der Waals surface area contributed by atoms with Crippen LogP contribution in [0.15, 0.2) is 66.1 Å². The van der Waals surface area contributed by atoms with Crippen molar-refractivity contribution in [3.8, 4) is 23.4 Å². The van der Waals surface area contributed by atoms with E-state index in [1.165, 1.54) is 0 Å². The number of nitriles is 1. The van der Waals surface area contributed by atoms with Crippen molar-refractivity contribution in [1.29, 1.82) is 5.26 Å². The Bertz CT molecular complexity index is 1110. The van der Waals surface area contributed by atoms with E-state index in [1.807, 2.05) is 54.6 Å². The number of hydrogen-bond donors (Lipinski definition) is 1. The molecule has 2 heterocycles. The third-order valence-corrected chi connectivity index (χ3v) is 5.06. The molecule has 0 amide bonds. The summed E-state index contributed by atoms with van der Waals surface area (Å²) in [5, 5.41) is 14.7. The lowest BCUT2D eigenvalue weighted by atomic mass is 9.83. The van der Waals surface area contributed by atoms with Gasteiger partial charge in [-0.15, -0.1) is 0 Å². The summed E-state index contributed by atoms with van der Waals surface area (Å²) < 4.78 is 13.3. The SMILES string of the molecule is CCCc1nn(-c2ccccc2)c2c1[C@H](c1ccccc1OC)C(C#N)=C(N)O2. The summed E-state index contributed by atoms with van der Waals surface area (Å²) >= 11 is 0. The first-order chi connectivity index (χ1) is 14.2. The maximum atomic E-state index is 9.89. The molecule has 6 nitrogen and oxygen atoms in total. The topological polar surface area (TPSA) is 86.1 Å². The van der Waals surface area contributed by atoms with Gasteiger partial charge in [0, 0.05) is 5.56 Å². The van der Waals surface area contributed by atoms with Crippen molar-refractivity contribution >= 4 is 0 Å². The molecular formula is C23H22N4O2. The van der Waals surface area contributed by atoms with Crippen molar-refractivity contribution in [2.45, 2.75) is 25.7 Å². The summed E-state index contributed by atoms with van der Waals surface area (Å²) in [6.45, 7) is 2.10. The van der Waals surface area contributed by atoms with E-state index in [9.17, 15) is 5.26 Å². The highest BCUT2D eigenvalue weighted by Crippen LogP contribution is 2.47. The summed E-state index contributed by atoms with van der Waals surface area (Å²) in [6, 6.07) is 19.7. The van der Waals surface area contributed by atoms with Gasteiger partial charge in [-0.05, 0) is 24.6 Å². The van der Waals surface area contributed by atoms with Crippen LogP contribution >= 0.6 is 0 Å². The van der Waals surface area contributed by atoms with Crippen LogP contribution in [0.4, 0.5) is 0 Å². The molecule has 6 heteroatoms. The maximum absolute atomic E-state index is 9.89. The van der Waals surface area contributed by atoms with Gasteiger partial charge in [-0.3, -0.25) is 0 Å². The summed E-state index contributed by atoms with van der Waals surface area (Å²) in [7, 11) is 1.62. The van der Waals surface area contributed by atoms with Gasteiger partial charge in [0.25, 0.3) is 0 Å². The first kappa shape index (κ1) is 18.6. The quantitative estimate of drug-likeness (QED) is 0.715. The van der Waals surface area contributed by atoms with Crippen molar-refractivity contribution in [2.24, 2.45) is 5.73 Å². The number of ether oxygens (including phenoxy) is 2. The lowest BCUT2D eigenvalue weighted by Gasteiger charge is -2.26. The zero-order valence-corrected chi connectivity index (χ0v) is 16.4. The van der Waals surface area contributed by atoms with Gasteiger partial charge in [-0.1, -0.05) is 49.7 Å². The van der Waals surface area contributed by atoms with Crippen molar-refractivity contribution in [3.05, 3.63) is 82.9 Å². The minimum Gasteiger partial charge on any atom is -0.496 e. The van der Waals surface area contributed by atoms with Crippen LogP contribution < -0.4 is 15.2 Å². The van der Waals surface area contributed by atoms with Crippen molar-refractivity contribution < 1.29 is 9.47 Å². The Hall–Kier alpha value is -3.72. The average molecular weight is 386 g/mol. The molecular weight excluding hydrogens is 364 g/mol. The fourth-order valence-corrected chi connectivity index (χ4v) is 3.79. The highest BCUT2D eigenvalue weighted by atomic mass is 16.5. The van der Waals surface area contributed by atoms with Gasteiger partial charge in [-0.2, -0.15) is 10.4 Å². The van der Waals surface area contributed by atoms with Crippen LogP contribution in [0.1, 0.15) is 36.1 Å². The molecule has 0 spiro atoms. The van der Waals surface area contributed by atoms with Gasteiger partial charge in [-0.25, -0.2) is 4.68 Å². The Morgan fingerprint density at radius 3 is 2.59 bits per heavy atom. The largest absolute Gasteiger partial charge is 0.496 e. The van der Waals surface area contributed by atoms with E-state index in [0.29, 0.717) is 17.2 Å². The van der Waals surface area contributed by atoms with Crippen LogP contribution in [-0.2, 0) is 6.42 Å². The number of para-hydroxylation sites is 2. The fraction of sp³-hybridized carbons (Fsp3) is 0.217. The molecule has 1 aromatic heterocycles. The number of rotatable bonds is 5. The molecule has 1 atom stereocenters. The minimum atomic E-state index is -0.404. The van der Waals surface area contributed by atoms with Crippen LogP contribution in [0.5, 0.6) is 11.6 Å². The first-order valence-electron chi connectivity index (χ1n) is 9.57. The molecule has 0 saturated carbocycles. The van der Waals surface area contributed by atoms with E-state index in [4.69, 9.17) is 20.3 Å². The average Bonchev–Trinajstić information content (AvgIpc) is 3.11. The second-order valence-corrected chi connectivity index (χ2v) is 6.83. The summed E-state index contributed by atoms with van der Waals surface area (Å²) in [6.07, 6.45) is 1.67. The second kappa shape index (κ2) is 7.72. The molecule has 0 saturated heterocycles. The molecule has 2 aromatic carbocycles. The molecule has 2 N–H and O–H groups in total. The van der Waals surface area contributed by atoms with Crippen LogP contribution in [0.25, 0.3) is 5.69 Å². The van der Waals surface area contributed by atoms with Crippen LogP contribution in [0.2, 0.25) is 0 Å². The van der Waals surface area contributed by atoms with E-state index >= 15 is 0 Å². The van der Waals surface area contributed by atoms with Gasteiger partial charge < -0.3 is 15.2 Å². The van der Waals surface area contributed by atoms with E-state index < -0.39 is 5.92 Å². The molecule has 0 aliphatic carbocycles. The minimum absolute atomic E-state index is 0.0936. The summed E-state index contributed by atoms with van der Waals surface area (Å²) in [5.74, 6) is 0.933. The number of benzene rings is 2. The number of nitrogens with two attached hydrogens (primary N) is 1. The van der Waals surface area contributed by atoms with Gasteiger partial charge in [0.2, 0.25) is 11.8 Å². The number of allylic oxidation sites excluding steroid dienone is 1.